The fourth-order valence-electron chi connectivity index (χ4n) is 7.00. The number of amides is 3. The molecular weight excluding hydrogens is 314 g/mol. The third-order valence-electron chi connectivity index (χ3n) is 7.16. The molecule has 0 radical (unpaired) electrons. The molecule has 4 aliphatic carbocycles. The number of imide groups is 1. The van der Waals surface area contributed by atoms with Gasteiger partial charge in [0, 0.05) is 17.4 Å². The van der Waals surface area contributed by atoms with E-state index in [1.807, 2.05) is 0 Å². The Morgan fingerprint density at radius 2 is 1.44 bits per heavy atom. The normalized spacial score (nSPS) is 45.2. The molecule has 0 spiro atoms. The van der Waals surface area contributed by atoms with E-state index in [0.29, 0.717) is 18.4 Å². The molecule has 0 aromatic heterocycles. The molecule has 5 aliphatic rings. The Kier molecular flexibility index (Phi) is 4.55. The van der Waals surface area contributed by atoms with Gasteiger partial charge in [0.1, 0.15) is 0 Å². The second-order valence-electron chi connectivity index (χ2n) is 9.98. The molecule has 0 aromatic carbocycles. The van der Waals surface area contributed by atoms with Crippen LogP contribution in [0.5, 0.6) is 0 Å². The highest BCUT2D eigenvalue weighted by Crippen LogP contribution is 2.55. The standard InChI is InChI=1S/C20H33N3O2/c1-13-3-14(2)11-23(10-13)12-18(24)21-19(25)22-20-7-15-4-16(8-20)6-17(5-15)9-20/h13-17H,3-12H2,1-2H3,(H2,21,22,24,25)/p+1/t13-,14-,15?,16?,17?,20?/m0/s1. The summed E-state index contributed by atoms with van der Waals surface area (Å²) in [5.74, 6) is 3.58. The van der Waals surface area contributed by atoms with Crippen molar-refractivity contribution in [1.29, 1.82) is 0 Å². The fourth-order valence-corrected chi connectivity index (χ4v) is 7.00. The van der Waals surface area contributed by atoms with Crippen molar-refractivity contribution in [1.82, 2.24) is 10.6 Å². The molecule has 1 aliphatic heterocycles. The molecule has 140 valence electrons. The Morgan fingerprint density at radius 1 is 0.920 bits per heavy atom. The summed E-state index contributed by atoms with van der Waals surface area (Å²) < 4.78 is 0. The van der Waals surface area contributed by atoms with Crippen LogP contribution >= 0.6 is 0 Å². The molecule has 5 nitrogen and oxygen atoms in total. The van der Waals surface area contributed by atoms with Gasteiger partial charge in [-0.2, -0.15) is 0 Å². The zero-order valence-corrected chi connectivity index (χ0v) is 15.8. The van der Waals surface area contributed by atoms with Crippen molar-refractivity contribution in [2.75, 3.05) is 19.6 Å². The van der Waals surface area contributed by atoms with Crippen LogP contribution in [0.15, 0.2) is 0 Å². The number of hydrogen-bond acceptors (Lipinski definition) is 2. The van der Waals surface area contributed by atoms with E-state index in [1.54, 1.807) is 0 Å². The SMILES string of the molecule is C[C@H]1C[C@H](C)C[NH+](CC(=O)NC(=O)NC23CC4CC(CC(C4)C2)C3)C1. The van der Waals surface area contributed by atoms with Gasteiger partial charge < -0.3 is 10.2 Å². The average molecular weight is 349 g/mol. The second kappa shape index (κ2) is 6.57. The van der Waals surface area contributed by atoms with Crippen LogP contribution in [0, 0.1) is 29.6 Å². The van der Waals surface area contributed by atoms with Gasteiger partial charge in [-0.05, 0) is 62.7 Å². The molecule has 5 heteroatoms. The maximum absolute atomic E-state index is 12.5. The molecule has 3 amide bonds. The van der Waals surface area contributed by atoms with Crippen molar-refractivity contribution in [3.8, 4) is 0 Å². The molecule has 0 aromatic rings. The molecule has 3 N–H and O–H groups in total. The van der Waals surface area contributed by atoms with Crippen LogP contribution in [0.2, 0.25) is 0 Å². The van der Waals surface area contributed by atoms with Crippen molar-refractivity contribution >= 4 is 11.9 Å². The Bertz CT molecular complexity index is 502. The Hall–Kier alpha value is -1.10. The van der Waals surface area contributed by atoms with Gasteiger partial charge in [0.05, 0.1) is 13.1 Å². The van der Waals surface area contributed by atoms with E-state index in [2.05, 4.69) is 24.5 Å². The van der Waals surface area contributed by atoms with Crippen LogP contribution in [-0.4, -0.2) is 37.1 Å². The fraction of sp³-hybridized carbons (Fsp3) is 0.900. The summed E-state index contributed by atoms with van der Waals surface area (Å²) in [6.45, 7) is 7.01. The molecule has 25 heavy (non-hydrogen) atoms. The lowest BCUT2D eigenvalue weighted by atomic mass is 9.53. The van der Waals surface area contributed by atoms with Crippen molar-refractivity contribution in [3.63, 3.8) is 0 Å². The summed E-state index contributed by atoms with van der Waals surface area (Å²) >= 11 is 0. The van der Waals surface area contributed by atoms with E-state index in [4.69, 9.17) is 0 Å². The van der Waals surface area contributed by atoms with Crippen LogP contribution in [-0.2, 0) is 4.79 Å². The Morgan fingerprint density at radius 3 is 1.96 bits per heavy atom. The van der Waals surface area contributed by atoms with Gasteiger partial charge >= 0.3 is 6.03 Å². The summed E-state index contributed by atoms with van der Waals surface area (Å²) in [5.41, 5.74) is -0.0277. The highest BCUT2D eigenvalue weighted by Gasteiger charge is 2.51. The first-order valence-electron chi connectivity index (χ1n) is 10.3. The van der Waals surface area contributed by atoms with E-state index in [0.717, 1.165) is 50.1 Å². The van der Waals surface area contributed by atoms with Crippen LogP contribution < -0.4 is 15.5 Å². The van der Waals surface area contributed by atoms with E-state index in [9.17, 15) is 9.59 Å². The quantitative estimate of drug-likeness (QED) is 0.721. The van der Waals surface area contributed by atoms with E-state index in [-0.39, 0.29) is 17.5 Å². The number of nitrogens with one attached hydrogen (secondary N) is 3. The van der Waals surface area contributed by atoms with Gasteiger partial charge in [0.2, 0.25) is 0 Å². The predicted molar refractivity (Wildman–Crippen MR) is 96.1 cm³/mol. The lowest BCUT2D eigenvalue weighted by Gasteiger charge is -2.56. The summed E-state index contributed by atoms with van der Waals surface area (Å²) in [6, 6.07) is -0.260. The maximum atomic E-state index is 12.5. The summed E-state index contributed by atoms with van der Waals surface area (Å²) in [5, 5.41) is 5.85. The van der Waals surface area contributed by atoms with Gasteiger partial charge in [-0.25, -0.2) is 4.79 Å². The number of urea groups is 1. The van der Waals surface area contributed by atoms with Gasteiger partial charge in [0.15, 0.2) is 6.54 Å². The van der Waals surface area contributed by atoms with Crippen molar-refractivity contribution in [3.05, 3.63) is 0 Å². The predicted octanol–water partition coefficient (Wildman–Crippen LogP) is 1.34. The summed E-state index contributed by atoms with van der Waals surface area (Å²) in [7, 11) is 0. The maximum Gasteiger partial charge on any atom is 0.322 e. The van der Waals surface area contributed by atoms with Gasteiger partial charge in [-0.1, -0.05) is 13.8 Å². The molecule has 1 heterocycles. The van der Waals surface area contributed by atoms with Gasteiger partial charge in [-0.15, -0.1) is 0 Å². The summed E-state index contributed by atoms with van der Waals surface area (Å²) in [6.07, 6.45) is 8.67. The highest BCUT2D eigenvalue weighted by atomic mass is 16.2. The van der Waals surface area contributed by atoms with Crippen molar-refractivity contribution in [2.24, 2.45) is 29.6 Å². The Labute approximate surface area is 151 Å². The molecule has 1 saturated heterocycles. The highest BCUT2D eigenvalue weighted by molar-refractivity contribution is 5.95. The molecule has 4 bridgehead atoms. The lowest BCUT2D eigenvalue weighted by Crippen LogP contribution is -3.15. The van der Waals surface area contributed by atoms with Crippen LogP contribution in [0.25, 0.3) is 0 Å². The number of rotatable bonds is 3. The van der Waals surface area contributed by atoms with Crippen molar-refractivity contribution in [2.45, 2.75) is 64.3 Å². The zero-order valence-electron chi connectivity index (χ0n) is 15.8. The van der Waals surface area contributed by atoms with E-state index in [1.165, 1.54) is 30.6 Å². The molecule has 2 atom stereocenters. The molecule has 5 rings (SSSR count). The molecular formula is C20H34N3O2+. The van der Waals surface area contributed by atoms with E-state index < -0.39 is 0 Å². The molecule has 5 fully saturated rings. The van der Waals surface area contributed by atoms with E-state index >= 15 is 0 Å². The van der Waals surface area contributed by atoms with Crippen molar-refractivity contribution < 1.29 is 14.5 Å². The smallest absolute Gasteiger partial charge is 0.322 e. The van der Waals surface area contributed by atoms with Crippen LogP contribution in [0.4, 0.5) is 4.79 Å². The second-order valence-corrected chi connectivity index (χ2v) is 9.98. The number of quaternary nitrogens is 1. The summed E-state index contributed by atoms with van der Waals surface area (Å²) in [4.78, 5) is 26.1. The lowest BCUT2D eigenvalue weighted by molar-refractivity contribution is -0.904. The topological polar surface area (TPSA) is 62.6 Å². The number of carbonyl (C=O) groups is 2. The first-order chi connectivity index (χ1) is 11.9. The Balaban J connectivity index is 1.28. The van der Waals surface area contributed by atoms with Crippen LogP contribution in [0.1, 0.15) is 58.8 Å². The number of carbonyl (C=O) groups excluding carboxylic acids is 2. The van der Waals surface area contributed by atoms with Crippen LogP contribution in [0.3, 0.4) is 0 Å². The largest absolute Gasteiger partial charge is 0.332 e. The minimum Gasteiger partial charge on any atom is -0.332 e. The molecule has 0 unspecified atom stereocenters. The zero-order chi connectivity index (χ0) is 17.6. The number of likely N-dealkylation sites (tertiary alicyclic amines) is 1. The van der Waals surface area contributed by atoms with Gasteiger partial charge in [-0.3, -0.25) is 10.1 Å². The monoisotopic (exact) mass is 348 g/mol. The average Bonchev–Trinajstić information content (AvgIpc) is 2.42. The minimum absolute atomic E-state index is 0.0277. The number of hydrogen-bond donors (Lipinski definition) is 3. The third-order valence-corrected chi connectivity index (χ3v) is 7.16. The molecule has 4 saturated carbocycles. The first kappa shape index (κ1) is 17.3. The first-order valence-corrected chi connectivity index (χ1v) is 10.3. The number of piperidine rings is 1. The third kappa shape index (κ3) is 3.86. The van der Waals surface area contributed by atoms with Gasteiger partial charge in [0.25, 0.3) is 5.91 Å². The minimum atomic E-state index is -0.260.